The van der Waals surface area contributed by atoms with Gasteiger partial charge in [0.2, 0.25) is 0 Å². The lowest BCUT2D eigenvalue weighted by molar-refractivity contribution is -0.0931. The number of alkyl halides is 3. The van der Waals surface area contributed by atoms with Crippen molar-refractivity contribution in [1.82, 2.24) is 0 Å². The molecule has 0 nitrogen and oxygen atoms in total. The third-order valence-corrected chi connectivity index (χ3v) is 1.41. The molecule has 0 N–H and O–H groups in total. The van der Waals surface area contributed by atoms with Crippen molar-refractivity contribution >= 4 is 0 Å². The van der Waals surface area contributed by atoms with E-state index in [2.05, 4.69) is 6.58 Å². The SMILES string of the molecule is C=CC/C(=C\CCC)C(F)(F)F. The van der Waals surface area contributed by atoms with Crippen LogP contribution in [0.2, 0.25) is 0 Å². The molecule has 0 aromatic heterocycles. The number of hydrogen-bond acceptors (Lipinski definition) is 0. The Bertz CT molecular complexity index is 165. The van der Waals surface area contributed by atoms with Crippen LogP contribution in [0.5, 0.6) is 0 Å². The highest BCUT2D eigenvalue weighted by Gasteiger charge is 2.31. The molecular weight excluding hydrogens is 165 g/mol. The van der Waals surface area contributed by atoms with Gasteiger partial charge in [0.25, 0.3) is 0 Å². The molecule has 0 saturated heterocycles. The first-order valence-corrected chi connectivity index (χ1v) is 3.89. The van der Waals surface area contributed by atoms with Crippen molar-refractivity contribution in [3.63, 3.8) is 0 Å². The van der Waals surface area contributed by atoms with E-state index >= 15 is 0 Å². The van der Waals surface area contributed by atoms with Crippen molar-refractivity contribution in [3.8, 4) is 0 Å². The van der Waals surface area contributed by atoms with Crippen molar-refractivity contribution in [2.75, 3.05) is 0 Å². The first-order valence-electron chi connectivity index (χ1n) is 3.89. The molecule has 70 valence electrons. The van der Waals surface area contributed by atoms with Crippen LogP contribution in [0.3, 0.4) is 0 Å². The Morgan fingerprint density at radius 3 is 2.33 bits per heavy atom. The fourth-order valence-electron chi connectivity index (χ4n) is 0.789. The molecule has 0 amide bonds. The highest BCUT2D eigenvalue weighted by Crippen LogP contribution is 2.28. The molecule has 0 aliphatic heterocycles. The van der Waals surface area contributed by atoms with Crippen LogP contribution in [0.1, 0.15) is 26.2 Å². The van der Waals surface area contributed by atoms with Gasteiger partial charge in [0.15, 0.2) is 0 Å². The Labute approximate surface area is 70.8 Å². The maximum absolute atomic E-state index is 12.1. The number of allylic oxidation sites excluding steroid dienone is 3. The highest BCUT2D eigenvalue weighted by atomic mass is 19.4. The highest BCUT2D eigenvalue weighted by molar-refractivity contribution is 5.12. The Hall–Kier alpha value is -0.730. The number of unbranched alkanes of at least 4 members (excludes halogenated alkanes) is 1. The van der Waals surface area contributed by atoms with Gasteiger partial charge in [-0.3, -0.25) is 0 Å². The van der Waals surface area contributed by atoms with Crippen molar-refractivity contribution in [2.45, 2.75) is 32.4 Å². The Balaban J connectivity index is 4.31. The second-order valence-electron chi connectivity index (χ2n) is 2.51. The smallest absolute Gasteiger partial charge is 0.166 e. The molecule has 0 bridgehead atoms. The second-order valence-corrected chi connectivity index (χ2v) is 2.51. The van der Waals surface area contributed by atoms with Crippen LogP contribution in [-0.4, -0.2) is 6.18 Å². The molecule has 0 unspecified atom stereocenters. The van der Waals surface area contributed by atoms with Crippen LogP contribution in [-0.2, 0) is 0 Å². The van der Waals surface area contributed by atoms with Gasteiger partial charge in [0.05, 0.1) is 0 Å². The molecule has 0 spiro atoms. The van der Waals surface area contributed by atoms with Crippen LogP contribution in [0.4, 0.5) is 13.2 Å². The molecular formula is C9H13F3. The number of hydrogen-bond donors (Lipinski definition) is 0. The first-order chi connectivity index (χ1) is 5.52. The minimum Gasteiger partial charge on any atom is -0.166 e. The maximum Gasteiger partial charge on any atom is 0.412 e. The Morgan fingerprint density at radius 1 is 1.42 bits per heavy atom. The minimum atomic E-state index is -4.19. The monoisotopic (exact) mass is 178 g/mol. The van der Waals surface area contributed by atoms with Crippen molar-refractivity contribution < 1.29 is 13.2 Å². The van der Waals surface area contributed by atoms with Gasteiger partial charge in [-0.2, -0.15) is 13.2 Å². The van der Waals surface area contributed by atoms with E-state index in [0.717, 1.165) is 6.42 Å². The average Bonchev–Trinajstić information content (AvgIpc) is 1.95. The summed E-state index contributed by atoms with van der Waals surface area (Å²) in [5.74, 6) is 0. The average molecular weight is 178 g/mol. The summed E-state index contributed by atoms with van der Waals surface area (Å²) in [4.78, 5) is 0. The number of halogens is 3. The van der Waals surface area contributed by atoms with Gasteiger partial charge < -0.3 is 0 Å². The normalized spacial score (nSPS) is 13.2. The zero-order valence-corrected chi connectivity index (χ0v) is 7.12. The molecule has 3 heteroatoms. The quantitative estimate of drug-likeness (QED) is 0.573. The first kappa shape index (κ1) is 11.3. The summed E-state index contributed by atoms with van der Waals surface area (Å²) in [5.41, 5.74) is -0.487. The van der Waals surface area contributed by atoms with Crippen LogP contribution < -0.4 is 0 Å². The van der Waals surface area contributed by atoms with Crippen LogP contribution >= 0.6 is 0 Å². The largest absolute Gasteiger partial charge is 0.412 e. The molecule has 0 radical (unpaired) electrons. The van der Waals surface area contributed by atoms with Crippen molar-refractivity contribution in [2.24, 2.45) is 0 Å². The van der Waals surface area contributed by atoms with Crippen LogP contribution in [0, 0.1) is 0 Å². The molecule has 0 rings (SSSR count). The van der Waals surface area contributed by atoms with E-state index in [0.29, 0.717) is 6.42 Å². The van der Waals surface area contributed by atoms with Gasteiger partial charge in [-0.1, -0.05) is 25.5 Å². The minimum absolute atomic E-state index is 0.0938. The van der Waals surface area contributed by atoms with E-state index in [9.17, 15) is 13.2 Å². The van der Waals surface area contributed by atoms with Gasteiger partial charge in [-0.25, -0.2) is 0 Å². The summed E-state index contributed by atoms with van der Waals surface area (Å²) < 4.78 is 36.3. The molecule has 0 heterocycles. The molecule has 0 aromatic rings. The van der Waals surface area contributed by atoms with Gasteiger partial charge >= 0.3 is 6.18 Å². The lowest BCUT2D eigenvalue weighted by Gasteiger charge is -2.08. The molecule has 0 atom stereocenters. The van der Waals surface area contributed by atoms with E-state index in [1.54, 1.807) is 0 Å². The van der Waals surface area contributed by atoms with Gasteiger partial charge in [0, 0.05) is 5.57 Å². The summed E-state index contributed by atoms with van der Waals surface area (Å²) in [6.45, 7) is 5.13. The predicted molar refractivity (Wildman–Crippen MR) is 43.9 cm³/mol. The van der Waals surface area contributed by atoms with E-state index < -0.39 is 11.7 Å². The molecule has 0 saturated carbocycles. The summed E-state index contributed by atoms with van der Waals surface area (Å²) in [7, 11) is 0. The third kappa shape index (κ3) is 4.21. The summed E-state index contributed by atoms with van der Waals surface area (Å²) in [5, 5.41) is 0. The van der Waals surface area contributed by atoms with E-state index in [1.165, 1.54) is 12.2 Å². The second kappa shape index (κ2) is 5.01. The predicted octanol–water partition coefficient (Wildman–Crippen LogP) is 3.85. The topological polar surface area (TPSA) is 0 Å². The van der Waals surface area contributed by atoms with E-state index in [4.69, 9.17) is 0 Å². The van der Waals surface area contributed by atoms with Crippen molar-refractivity contribution in [1.29, 1.82) is 0 Å². The molecule has 0 aliphatic carbocycles. The zero-order chi connectivity index (χ0) is 9.61. The van der Waals surface area contributed by atoms with E-state index in [1.807, 2.05) is 6.92 Å². The Kier molecular flexibility index (Phi) is 4.71. The zero-order valence-electron chi connectivity index (χ0n) is 7.12. The molecule has 0 fully saturated rings. The lowest BCUT2D eigenvalue weighted by atomic mass is 10.1. The van der Waals surface area contributed by atoms with E-state index in [-0.39, 0.29) is 6.42 Å². The standard InChI is InChI=1S/C9H13F3/c1-3-5-7-8(6-4-2)9(10,11)12/h4,7H,2-3,5-6H2,1H3/b8-7+. The maximum atomic E-state index is 12.1. The van der Waals surface area contributed by atoms with Gasteiger partial charge in [-0.05, 0) is 12.8 Å². The third-order valence-electron chi connectivity index (χ3n) is 1.41. The van der Waals surface area contributed by atoms with Gasteiger partial charge in [-0.15, -0.1) is 6.58 Å². The Morgan fingerprint density at radius 2 is 2.00 bits per heavy atom. The molecule has 0 aromatic carbocycles. The van der Waals surface area contributed by atoms with Crippen LogP contribution in [0.25, 0.3) is 0 Å². The fourth-order valence-corrected chi connectivity index (χ4v) is 0.789. The van der Waals surface area contributed by atoms with Crippen molar-refractivity contribution in [3.05, 3.63) is 24.3 Å². The summed E-state index contributed by atoms with van der Waals surface area (Å²) in [6, 6.07) is 0. The molecule has 12 heavy (non-hydrogen) atoms. The summed E-state index contributed by atoms with van der Waals surface area (Å²) in [6.07, 6.45) is -0.567. The lowest BCUT2D eigenvalue weighted by Crippen LogP contribution is -2.11. The van der Waals surface area contributed by atoms with Gasteiger partial charge in [0.1, 0.15) is 0 Å². The van der Waals surface area contributed by atoms with Crippen LogP contribution in [0.15, 0.2) is 24.3 Å². The number of rotatable bonds is 4. The fraction of sp³-hybridized carbons (Fsp3) is 0.556. The molecule has 0 aliphatic rings. The summed E-state index contributed by atoms with van der Waals surface area (Å²) >= 11 is 0.